The third-order valence-electron chi connectivity index (χ3n) is 6.54. The van der Waals surface area contributed by atoms with Crippen LogP contribution in [0, 0.1) is 0 Å². The normalized spacial score (nSPS) is 17.5. The Morgan fingerprint density at radius 1 is 0.550 bits per heavy atom. The molecular formula is C30H48ClN9. The summed E-state index contributed by atoms with van der Waals surface area (Å²) >= 11 is 5.43. The number of hydrogen-bond donors (Lipinski definition) is 2. The minimum absolute atomic E-state index is 0. The van der Waals surface area contributed by atoms with Gasteiger partial charge in [0.25, 0.3) is 0 Å². The van der Waals surface area contributed by atoms with Gasteiger partial charge in [-0.2, -0.15) is 0 Å². The van der Waals surface area contributed by atoms with Crippen molar-refractivity contribution in [1.82, 2.24) is 35.4 Å². The van der Waals surface area contributed by atoms with E-state index in [0.29, 0.717) is 5.15 Å². The zero-order valence-corrected chi connectivity index (χ0v) is 24.2. The van der Waals surface area contributed by atoms with Crippen LogP contribution in [-0.4, -0.2) is 117 Å². The minimum Gasteiger partial charge on any atom is -0.354 e. The lowest BCUT2D eigenvalue weighted by Gasteiger charge is -2.33. The molecule has 9 nitrogen and oxygen atoms in total. The van der Waals surface area contributed by atoms with E-state index in [4.69, 9.17) is 11.6 Å². The molecule has 2 N–H and O–H groups in total. The number of anilines is 2. The molecule has 0 aliphatic carbocycles. The summed E-state index contributed by atoms with van der Waals surface area (Å²) in [7, 11) is 4.32. The first-order valence-electron chi connectivity index (χ1n) is 13.8. The van der Waals surface area contributed by atoms with Crippen molar-refractivity contribution in [2.24, 2.45) is 0 Å². The molecule has 0 saturated carbocycles. The molecule has 3 aromatic rings. The average molecular weight is 570 g/mol. The molecule has 3 aromatic heterocycles. The number of aromatic nitrogens is 3. The van der Waals surface area contributed by atoms with E-state index in [1.54, 1.807) is 12.3 Å². The van der Waals surface area contributed by atoms with Crippen LogP contribution in [0.25, 0.3) is 0 Å². The van der Waals surface area contributed by atoms with Crippen LogP contribution in [-0.2, 0) is 0 Å². The van der Waals surface area contributed by atoms with Crippen LogP contribution in [0.2, 0.25) is 5.15 Å². The summed E-state index contributed by atoms with van der Waals surface area (Å²) in [6.07, 6.45) is 5.35. The quantitative estimate of drug-likeness (QED) is 0.452. The zero-order valence-electron chi connectivity index (χ0n) is 23.4. The van der Waals surface area contributed by atoms with E-state index in [0.717, 1.165) is 77.1 Å². The number of hydrogen-bond acceptors (Lipinski definition) is 9. The third kappa shape index (κ3) is 13.5. The number of likely N-dealkylation sites (N-methyl/N-ethyl adjacent to an activating group) is 2. The number of nitrogens with zero attached hydrogens (tertiary/aromatic N) is 7. The number of pyridine rings is 3. The Morgan fingerprint density at radius 2 is 0.975 bits per heavy atom. The van der Waals surface area contributed by atoms with E-state index in [-0.39, 0.29) is 7.43 Å². The van der Waals surface area contributed by atoms with Gasteiger partial charge in [-0.25, -0.2) is 15.0 Å². The second kappa shape index (κ2) is 20.1. The van der Waals surface area contributed by atoms with Crippen molar-refractivity contribution in [3.8, 4) is 0 Å². The molecule has 3 saturated heterocycles. The summed E-state index contributed by atoms with van der Waals surface area (Å²) in [6, 6.07) is 17.5. The minimum atomic E-state index is 0. The maximum Gasteiger partial charge on any atom is 0.129 e. The van der Waals surface area contributed by atoms with Gasteiger partial charge < -0.3 is 30.2 Å². The van der Waals surface area contributed by atoms with Crippen molar-refractivity contribution < 1.29 is 0 Å². The Kier molecular flexibility index (Phi) is 16.8. The Balaban J connectivity index is 0.000000192. The maximum atomic E-state index is 5.43. The van der Waals surface area contributed by atoms with Crippen molar-refractivity contribution in [1.29, 1.82) is 0 Å². The Hall–Kier alpha value is -2.82. The van der Waals surface area contributed by atoms with Gasteiger partial charge in [-0.3, -0.25) is 0 Å². The summed E-state index contributed by atoms with van der Waals surface area (Å²) in [5, 5.41) is 7.13. The third-order valence-corrected chi connectivity index (χ3v) is 6.76. The van der Waals surface area contributed by atoms with E-state index in [9.17, 15) is 0 Å². The molecule has 220 valence electrons. The molecule has 40 heavy (non-hydrogen) atoms. The molecule has 0 aromatic carbocycles. The van der Waals surface area contributed by atoms with Gasteiger partial charge in [0.2, 0.25) is 0 Å². The highest BCUT2D eigenvalue weighted by molar-refractivity contribution is 6.29. The van der Waals surface area contributed by atoms with Gasteiger partial charge in [-0.15, -0.1) is 0 Å². The fourth-order valence-corrected chi connectivity index (χ4v) is 4.26. The molecule has 3 fully saturated rings. The number of rotatable bonds is 2. The summed E-state index contributed by atoms with van der Waals surface area (Å²) in [5.74, 6) is 2.20. The van der Waals surface area contributed by atoms with E-state index in [2.05, 4.69) is 71.4 Å². The standard InChI is InChI=1S/C10H15N3.C9H13N3.C5H4ClN.C5H12N2.CH4/c1-12-6-8-13(9-7-12)10-4-2-3-5-11-10;1-2-4-11-9(3-1)12-7-5-10-6-8-12;6-5-3-1-2-4-7-5;1-7-4-2-6-3-5-7;/h2-5H,6-9H2,1H3;1-4,10H,5-8H2;1-4H;6H,2-5H2,1H3;1H4. The molecule has 10 heteroatoms. The van der Waals surface area contributed by atoms with Crippen molar-refractivity contribution in [3.63, 3.8) is 0 Å². The molecule has 6 heterocycles. The van der Waals surface area contributed by atoms with Crippen LogP contribution in [0.15, 0.2) is 73.2 Å². The van der Waals surface area contributed by atoms with Gasteiger partial charge in [0.1, 0.15) is 16.8 Å². The highest BCUT2D eigenvalue weighted by Gasteiger charge is 2.14. The topological polar surface area (TPSA) is 75.7 Å². The fraction of sp³-hybridized carbons (Fsp3) is 0.500. The average Bonchev–Trinajstić information content (AvgIpc) is 3.01. The first-order chi connectivity index (χ1) is 19.1. The summed E-state index contributed by atoms with van der Waals surface area (Å²) in [6.45, 7) is 13.5. The molecule has 3 aliphatic heterocycles. The van der Waals surface area contributed by atoms with Crippen molar-refractivity contribution >= 4 is 23.2 Å². The van der Waals surface area contributed by atoms with Crippen LogP contribution in [0.4, 0.5) is 11.6 Å². The van der Waals surface area contributed by atoms with E-state index in [1.807, 2.05) is 48.8 Å². The molecule has 0 bridgehead atoms. The lowest BCUT2D eigenvalue weighted by Crippen LogP contribution is -2.44. The fourth-order valence-electron chi connectivity index (χ4n) is 4.13. The molecular weight excluding hydrogens is 522 g/mol. The number of halogens is 1. The first-order valence-corrected chi connectivity index (χ1v) is 14.2. The lowest BCUT2D eigenvalue weighted by molar-refractivity contribution is 0.291. The van der Waals surface area contributed by atoms with Crippen LogP contribution >= 0.6 is 11.6 Å². The van der Waals surface area contributed by atoms with Gasteiger partial charge in [0.05, 0.1) is 0 Å². The SMILES string of the molecule is C.CN1CCN(c2ccccn2)CC1.CN1CCNCC1.Clc1ccccn1.c1ccc(N2CCNCC2)nc1. The predicted octanol–water partition coefficient (Wildman–Crippen LogP) is 3.22. The molecule has 0 spiro atoms. The van der Waals surface area contributed by atoms with Crippen LogP contribution in [0.5, 0.6) is 0 Å². The van der Waals surface area contributed by atoms with E-state index in [1.165, 1.54) is 13.1 Å². The Bertz CT molecular complexity index is 978. The largest absolute Gasteiger partial charge is 0.354 e. The Labute approximate surface area is 246 Å². The van der Waals surface area contributed by atoms with Crippen LogP contribution in [0.1, 0.15) is 7.43 Å². The second-order valence-corrected chi connectivity index (χ2v) is 10.00. The number of nitrogens with one attached hydrogen (secondary N) is 2. The summed E-state index contributed by atoms with van der Waals surface area (Å²) < 4.78 is 0. The zero-order chi connectivity index (χ0) is 27.5. The van der Waals surface area contributed by atoms with Crippen molar-refractivity contribution in [3.05, 3.63) is 78.3 Å². The van der Waals surface area contributed by atoms with Gasteiger partial charge in [0.15, 0.2) is 0 Å². The maximum absolute atomic E-state index is 5.43. The lowest BCUT2D eigenvalue weighted by atomic mass is 10.3. The molecule has 3 aliphatic rings. The monoisotopic (exact) mass is 569 g/mol. The van der Waals surface area contributed by atoms with Crippen molar-refractivity contribution in [2.45, 2.75) is 7.43 Å². The van der Waals surface area contributed by atoms with E-state index < -0.39 is 0 Å². The summed E-state index contributed by atoms with van der Waals surface area (Å²) in [5.41, 5.74) is 0. The van der Waals surface area contributed by atoms with Crippen LogP contribution in [0.3, 0.4) is 0 Å². The predicted molar refractivity (Wildman–Crippen MR) is 170 cm³/mol. The highest BCUT2D eigenvalue weighted by Crippen LogP contribution is 2.11. The molecule has 6 rings (SSSR count). The molecule has 0 atom stereocenters. The van der Waals surface area contributed by atoms with Gasteiger partial charge >= 0.3 is 0 Å². The highest BCUT2D eigenvalue weighted by atomic mass is 35.5. The van der Waals surface area contributed by atoms with Gasteiger partial charge in [0, 0.05) is 97.1 Å². The smallest absolute Gasteiger partial charge is 0.129 e. The summed E-state index contributed by atoms with van der Waals surface area (Å²) in [4.78, 5) is 21.7. The second-order valence-electron chi connectivity index (χ2n) is 9.61. The van der Waals surface area contributed by atoms with Gasteiger partial charge in [-0.05, 0) is 50.5 Å². The Morgan fingerprint density at radius 3 is 1.32 bits per heavy atom. The first kappa shape index (κ1) is 33.4. The molecule has 0 amide bonds. The molecule has 0 unspecified atom stereocenters. The molecule has 0 radical (unpaired) electrons. The van der Waals surface area contributed by atoms with Crippen LogP contribution < -0.4 is 20.4 Å². The van der Waals surface area contributed by atoms with Gasteiger partial charge in [-0.1, -0.05) is 37.2 Å². The van der Waals surface area contributed by atoms with E-state index >= 15 is 0 Å². The number of piperazine rings is 3. The van der Waals surface area contributed by atoms with Crippen molar-refractivity contribution in [2.75, 3.05) is 102 Å².